The molecule has 0 saturated carbocycles. The summed E-state index contributed by atoms with van der Waals surface area (Å²) in [6.45, 7) is 10.4. The van der Waals surface area contributed by atoms with E-state index in [-0.39, 0.29) is 0 Å². The third kappa shape index (κ3) is 5.09. The van der Waals surface area contributed by atoms with E-state index in [1.807, 2.05) is 39.0 Å². The summed E-state index contributed by atoms with van der Waals surface area (Å²) in [5.41, 5.74) is 0.464. The smallest absolute Gasteiger partial charge is 0.211 e. The van der Waals surface area contributed by atoms with Crippen molar-refractivity contribution in [3.8, 4) is 5.75 Å². The molecule has 0 amide bonds. The largest absolute Gasteiger partial charge is 0.489 e. The van der Waals surface area contributed by atoms with Crippen LogP contribution in [0.5, 0.6) is 5.75 Å². The predicted octanol–water partition coefficient (Wildman–Crippen LogP) is 1.88. The minimum absolute atomic E-state index is 0.304. The fraction of sp³-hybridized carbons (Fsp3) is 0.667. The maximum Gasteiger partial charge on any atom is 0.211 e. The van der Waals surface area contributed by atoms with Crippen LogP contribution in [-0.4, -0.2) is 75.8 Å². The van der Waals surface area contributed by atoms with Gasteiger partial charge in [-0.15, -0.1) is 0 Å². The average molecular weight is 370 g/mol. The Bertz CT molecular complexity index is 668. The average Bonchev–Trinajstić information content (AvgIpc) is 2.53. The van der Waals surface area contributed by atoms with Gasteiger partial charge in [-0.1, -0.05) is 19.1 Å². The molecule has 1 heterocycles. The second kappa shape index (κ2) is 7.93. The van der Waals surface area contributed by atoms with Crippen molar-refractivity contribution < 1.29 is 13.2 Å². The van der Waals surface area contributed by atoms with Gasteiger partial charge in [0, 0.05) is 32.7 Å². The lowest BCUT2D eigenvalue weighted by atomic mass is 10.1. The number of rotatable bonds is 7. The highest BCUT2D eigenvalue weighted by Gasteiger charge is 2.33. The summed E-state index contributed by atoms with van der Waals surface area (Å²) in [6, 6.07) is 8.00. The number of likely N-dealkylation sites (N-methyl/N-ethyl adjacent to an activating group) is 2. The summed E-state index contributed by atoms with van der Waals surface area (Å²) >= 11 is 0. The van der Waals surface area contributed by atoms with Gasteiger partial charge in [-0.05, 0) is 33.0 Å². The lowest BCUT2D eigenvalue weighted by molar-refractivity contribution is 0.141. The first kappa shape index (κ1) is 20.0. The second-order valence-electron chi connectivity index (χ2n) is 7.29. The molecule has 1 aromatic rings. The normalized spacial score (nSPS) is 17.1. The van der Waals surface area contributed by atoms with Gasteiger partial charge >= 0.3 is 0 Å². The van der Waals surface area contributed by atoms with Crippen LogP contribution in [0.3, 0.4) is 0 Å². The van der Waals surface area contributed by atoms with Crippen molar-refractivity contribution in [1.29, 1.82) is 0 Å². The topological polar surface area (TPSA) is 53.1 Å². The molecule has 6 nitrogen and oxygen atoms in total. The Morgan fingerprint density at radius 1 is 1.16 bits per heavy atom. The van der Waals surface area contributed by atoms with Crippen molar-refractivity contribution >= 4 is 15.7 Å². The van der Waals surface area contributed by atoms with E-state index in [0.717, 1.165) is 37.6 Å². The number of piperazine rings is 1. The highest BCUT2D eigenvalue weighted by Crippen LogP contribution is 2.30. The van der Waals surface area contributed by atoms with Gasteiger partial charge in [-0.2, -0.15) is 4.31 Å². The summed E-state index contributed by atoms with van der Waals surface area (Å²) < 4.78 is 31.6. The zero-order chi connectivity index (χ0) is 18.7. The Morgan fingerprint density at radius 2 is 1.76 bits per heavy atom. The number of benzene rings is 1. The van der Waals surface area contributed by atoms with Crippen molar-refractivity contribution in [2.45, 2.75) is 26.3 Å². The van der Waals surface area contributed by atoms with Gasteiger partial charge in [0.15, 0.2) is 0 Å². The Balaban J connectivity index is 2.13. The molecule has 0 aliphatic carbocycles. The molecule has 0 radical (unpaired) electrons. The molecule has 7 heteroatoms. The monoisotopic (exact) mass is 369 g/mol. The minimum Gasteiger partial charge on any atom is -0.489 e. The number of hydrogen-bond acceptors (Lipinski definition) is 5. The van der Waals surface area contributed by atoms with E-state index in [9.17, 15) is 8.42 Å². The maximum absolute atomic E-state index is 12.0. The Kier molecular flexibility index (Phi) is 6.35. The molecule has 2 rings (SSSR count). The fourth-order valence-corrected chi connectivity index (χ4v) is 4.75. The molecular weight excluding hydrogens is 338 g/mol. The van der Waals surface area contributed by atoms with Crippen LogP contribution < -0.4 is 9.64 Å². The van der Waals surface area contributed by atoms with Gasteiger partial charge < -0.3 is 14.5 Å². The second-order valence-corrected chi connectivity index (χ2v) is 9.19. The fourth-order valence-electron chi connectivity index (χ4n) is 3.33. The zero-order valence-electron chi connectivity index (χ0n) is 16.0. The van der Waals surface area contributed by atoms with Crippen molar-refractivity contribution in [3.63, 3.8) is 0 Å². The van der Waals surface area contributed by atoms with Gasteiger partial charge in [-0.3, -0.25) is 0 Å². The van der Waals surface area contributed by atoms with Crippen molar-refractivity contribution in [2.24, 2.45) is 0 Å². The minimum atomic E-state index is -3.28. The molecule has 1 saturated heterocycles. The van der Waals surface area contributed by atoms with E-state index in [1.165, 1.54) is 10.6 Å². The van der Waals surface area contributed by atoms with Crippen LogP contribution >= 0.6 is 0 Å². The van der Waals surface area contributed by atoms with E-state index < -0.39 is 15.6 Å². The molecular formula is C18H31N3O3S. The molecule has 0 spiro atoms. The van der Waals surface area contributed by atoms with E-state index in [1.54, 1.807) is 0 Å². The molecule has 1 aliphatic rings. The number of sulfonamides is 1. The van der Waals surface area contributed by atoms with Crippen LogP contribution in [0, 0.1) is 0 Å². The predicted molar refractivity (Wildman–Crippen MR) is 103 cm³/mol. The van der Waals surface area contributed by atoms with Crippen LogP contribution in [-0.2, 0) is 10.0 Å². The van der Waals surface area contributed by atoms with Crippen molar-refractivity contribution in [2.75, 3.05) is 57.5 Å². The number of anilines is 1. The van der Waals surface area contributed by atoms with E-state index in [2.05, 4.69) is 22.9 Å². The van der Waals surface area contributed by atoms with Crippen molar-refractivity contribution in [1.82, 2.24) is 9.21 Å². The molecule has 0 bridgehead atoms. The van der Waals surface area contributed by atoms with Crippen LogP contribution in [0.15, 0.2) is 24.3 Å². The molecule has 0 unspecified atom stereocenters. The van der Waals surface area contributed by atoms with Crippen molar-refractivity contribution in [3.05, 3.63) is 24.3 Å². The number of ether oxygens (including phenoxy) is 1. The highest BCUT2D eigenvalue weighted by atomic mass is 32.2. The molecule has 1 fully saturated rings. The SMILES string of the molecule is CCN(C(C)(C)COc1ccccc1N1CCN(C)CC1)S(C)(=O)=O. The first-order valence-electron chi connectivity index (χ1n) is 8.78. The number of para-hydroxylation sites is 2. The first-order chi connectivity index (χ1) is 11.6. The van der Waals surface area contributed by atoms with E-state index >= 15 is 0 Å². The molecule has 1 aromatic carbocycles. The van der Waals surface area contributed by atoms with Crippen LogP contribution in [0.1, 0.15) is 20.8 Å². The van der Waals surface area contributed by atoms with Gasteiger partial charge in [0.1, 0.15) is 12.4 Å². The molecule has 1 aliphatic heterocycles. The van der Waals surface area contributed by atoms with Crippen LogP contribution in [0.2, 0.25) is 0 Å². The third-order valence-electron chi connectivity index (χ3n) is 4.65. The Morgan fingerprint density at radius 3 is 2.32 bits per heavy atom. The van der Waals surface area contributed by atoms with Gasteiger partial charge in [0.2, 0.25) is 10.0 Å². The van der Waals surface area contributed by atoms with Gasteiger partial charge in [0.05, 0.1) is 17.5 Å². The summed E-state index contributed by atoms with van der Waals surface area (Å²) in [5, 5.41) is 0. The standard InChI is InChI=1S/C18H31N3O3S/c1-6-21(25(5,22)23)18(2,3)15-24-17-10-8-7-9-16(17)20-13-11-19(4)12-14-20/h7-10H,6,11-15H2,1-5H3. The zero-order valence-corrected chi connectivity index (χ0v) is 16.8. The van der Waals surface area contributed by atoms with Crippen LogP contribution in [0.25, 0.3) is 0 Å². The summed E-state index contributed by atoms with van der Waals surface area (Å²) in [4.78, 5) is 4.64. The summed E-state index contributed by atoms with van der Waals surface area (Å²) in [6.07, 6.45) is 1.25. The van der Waals surface area contributed by atoms with E-state index in [4.69, 9.17) is 4.74 Å². The summed E-state index contributed by atoms with van der Waals surface area (Å²) in [5.74, 6) is 0.810. The number of hydrogen-bond donors (Lipinski definition) is 0. The number of nitrogens with zero attached hydrogens (tertiary/aromatic N) is 3. The maximum atomic E-state index is 12.0. The van der Waals surface area contributed by atoms with Crippen LogP contribution in [0.4, 0.5) is 5.69 Å². The quantitative estimate of drug-likeness (QED) is 0.734. The third-order valence-corrected chi connectivity index (χ3v) is 6.21. The molecule has 0 atom stereocenters. The highest BCUT2D eigenvalue weighted by molar-refractivity contribution is 7.88. The van der Waals surface area contributed by atoms with E-state index in [0.29, 0.717) is 13.2 Å². The lowest BCUT2D eigenvalue weighted by Gasteiger charge is -2.37. The Hall–Kier alpha value is -1.31. The lowest BCUT2D eigenvalue weighted by Crippen LogP contribution is -2.50. The van der Waals surface area contributed by atoms with Gasteiger partial charge in [0.25, 0.3) is 0 Å². The summed E-state index contributed by atoms with van der Waals surface area (Å²) in [7, 11) is -1.14. The molecule has 0 N–H and O–H groups in total. The molecule has 25 heavy (non-hydrogen) atoms. The first-order valence-corrected chi connectivity index (χ1v) is 10.6. The Labute approximate surface area is 152 Å². The van der Waals surface area contributed by atoms with Gasteiger partial charge in [-0.25, -0.2) is 8.42 Å². The molecule has 0 aromatic heterocycles. The molecule has 142 valence electrons.